The van der Waals surface area contributed by atoms with Crippen molar-refractivity contribution in [2.75, 3.05) is 5.32 Å². The Hall–Kier alpha value is -1.45. The Morgan fingerprint density at radius 2 is 1.95 bits per heavy atom. The topological polar surface area (TPSA) is 29.1 Å². The summed E-state index contributed by atoms with van der Waals surface area (Å²) >= 11 is 7.73. The van der Waals surface area contributed by atoms with Crippen molar-refractivity contribution in [3.63, 3.8) is 0 Å². The summed E-state index contributed by atoms with van der Waals surface area (Å²) in [7, 11) is 0. The van der Waals surface area contributed by atoms with Crippen LogP contribution in [0.5, 0.6) is 0 Å². The maximum atomic E-state index is 12.3. The van der Waals surface area contributed by atoms with Gasteiger partial charge in [0, 0.05) is 16.5 Å². The molecule has 116 valence electrons. The summed E-state index contributed by atoms with van der Waals surface area (Å²) in [6.07, 6.45) is 0. The number of nitrogens with one attached hydrogen (secondary N) is 1. The fourth-order valence-electron chi connectivity index (χ4n) is 2.01. The van der Waals surface area contributed by atoms with E-state index in [-0.39, 0.29) is 11.2 Å². The number of anilines is 1. The molecule has 0 heterocycles. The van der Waals surface area contributed by atoms with E-state index in [2.05, 4.69) is 5.32 Å². The molecule has 0 aromatic heterocycles. The van der Waals surface area contributed by atoms with Gasteiger partial charge in [-0.25, -0.2) is 0 Å². The summed E-state index contributed by atoms with van der Waals surface area (Å²) in [4.78, 5) is 12.3. The van der Waals surface area contributed by atoms with Crippen LogP contribution in [0.3, 0.4) is 0 Å². The summed E-state index contributed by atoms with van der Waals surface area (Å²) in [5, 5.41) is 3.61. The highest BCUT2D eigenvalue weighted by atomic mass is 35.5. The second kappa shape index (κ2) is 7.70. The molecule has 1 unspecified atom stereocenters. The molecule has 2 aromatic carbocycles. The summed E-state index contributed by atoms with van der Waals surface area (Å²) in [6.45, 7) is 5.93. The molecule has 2 rings (SSSR count). The first kappa shape index (κ1) is 16.9. The molecule has 1 atom stereocenters. The molecule has 4 heteroatoms. The molecule has 1 amide bonds. The average Bonchev–Trinajstić information content (AvgIpc) is 2.49. The van der Waals surface area contributed by atoms with Crippen LogP contribution in [0.4, 0.5) is 5.69 Å². The number of amides is 1. The zero-order chi connectivity index (χ0) is 16.1. The van der Waals surface area contributed by atoms with Crippen molar-refractivity contribution >= 4 is 35.0 Å². The van der Waals surface area contributed by atoms with Crippen molar-refractivity contribution in [2.24, 2.45) is 0 Å². The number of halogens is 1. The Balaban J connectivity index is 1.95. The van der Waals surface area contributed by atoms with Crippen molar-refractivity contribution in [1.82, 2.24) is 0 Å². The van der Waals surface area contributed by atoms with Gasteiger partial charge in [-0.1, -0.05) is 41.9 Å². The molecular formula is C18H20ClNOS. The molecule has 0 aliphatic rings. The molecular weight excluding hydrogens is 314 g/mol. The van der Waals surface area contributed by atoms with Gasteiger partial charge in [-0.3, -0.25) is 4.79 Å². The Labute approximate surface area is 141 Å². The quantitative estimate of drug-likeness (QED) is 0.813. The number of thioether (sulfide) groups is 1. The lowest BCUT2D eigenvalue weighted by Gasteiger charge is -2.14. The van der Waals surface area contributed by atoms with Gasteiger partial charge in [0.1, 0.15) is 0 Å². The fraction of sp³-hybridized carbons (Fsp3) is 0.278. The van der Waals surface area contributed by atoms with E-state index in [1.54, 1.807) is 11.8 Å². The number of carbonyl (C=O) groups is 1. The number of rotatable bonds is 5. The summed E-state index contributed by atoms with van der Waals surface area (Å²) in [5.41, 5.74) is 4.15. The van der Waals surface area contributed by atoms with Crippen molar-refractivity contribution in [1.29, 1.82) is 0 Å². The molecule has 2 aromatic rings. The van der Waals surface area contributed by atoms with Crippen LogP contribution < -0.4 is 5.32 Å². The SMILES string of the molecule is Cc1ccc(C)c(NC(=O)C(C)SCc2ccccc2Cl)c1. The van der Waals surface area contributed by atoms with Crippen LogP contribution in [0, 0.1) is 13.8 Å². The molecule has 0 saturated carbocycles. The summed E-state index contributed by atoms with van der Waals surface area (Å²) in [5.74, 6) is 0.742. The van der Waals surface area contributed by atoms with Gasteiger partial charge in [0.2, 0.25) is 5.91 Å². The highest BCUT2D eigenvalue weighted by Crippen LogP contribution is 2.25. The van der Waals surface area contributed by atoms with Crippen LogP contribution in [0.2, 0.25) is 5.02 Å². The van der Waals surface area contributed by atoms with Crippen LogP contribution in [-0.4, -0.2) is 11.2 Å². The lowest BCUT2D eigenvalue weighted by atomic mass is 10.1. The second-order valence-electron chi connectivity index (χ2n) is 5.35. The molecule has 0 aliphatic heterocycles. The maximum absolute atomic E-state index is 12.3. The van der Waals surface area contributed by atoms with E-state index in [0.717, 1.165) is 33.2 Å². The third-order valence-electron chi connectivity index (χ3n) is 3.47. The number of benzene rings is 2. The van der Waals surface area contributed by atoms with E-state index in [0.29, 0.717) is 0 Å². The molecule has 22 heavy (non-hydrogen) atoms. The lowest BCUT2D eigenvalue weighted by Crippen LogP contribution is -2.23. The third-order valence-corrected chi connectivity index (χ3v) is 5.03. The molecule has 0 radical (unpaired) electrons. The zero-order valence-corrected chi connectivity index (χ0v) is 14.6. The Bertz CT molecular complexity index is 672. The molecule has 0 spiro atoms. The standard InChI is InChI=1S/C18H20ClNOS/c1-12-8-9-13(2)17(10-12)20-18(21)14(3)22-11-15-6-4-5-7-16(15)19/h4-10,14H,11H2,1-3H3,(H,20,21). The fourth-order valence-corrected chi connectivity index (χ4v) is 3.18. The average molecular weight is 334 g/mol. The first-order chi connectivity index (χ1) is 10.5. The first-order valence-corrected chi connectivity index (χ1v) is 8.63. The van der Waals surface area contributed by atoms with Crippen LogP contribution >= 0.6 is 23.4 Å². The predicted molar refractivity (Wildman–Crippen MR) is 96.8 cm³/mol. The van der Waals surface area contributed by atoms with Crippen LogP contribution in [0.1, 0.15) is 23.6 Å². The summed E-state index contributed by atoms with van der Waals surface area (Å²) in [6, 6.07) is 13.8. The zero-order valence-electron chi connectivity index (χ0n) is 13.0. The first-order valence-electron chi connectivity index (χ1n) is 7.20. The number of aryl methyl sites for hydroxylation is 2. The van der Waals surface area contributed by atoms with Gasteiger partial charge < -0.3 is 5.32 Å². The summed E-state index contributed by atoms with van der Waals surface area (Å²) < 4.78 is 0. The van der Waals surface area contributed by atoms with Crippen LogP contribution in [0.25, 0.3) is 0 Å². The minimum absolute atomic E-state index is 0.0192. The van der Waals surface area contributed by atoms with Crippen LogP contribution in [0.15, 0.2) is 42.5 Å². The van der Waals surface area contributed by atoms with Gasteiger partial charge in [-0.15, -0.1) is 11.8 Å². The number of hydrogen-bond acceptors (Lipinski definition) is 2. The van der Waals surface area contributed by atoms with Gasteiger partial charge in [0.25, 0.3) is 0 Å². The van der Waals surface area contributed by atoms with E-state index in [1.807, 2.05) is 63.2 Å². The van der Waals surface area contributed by atoms with E-state index in [4.69, 9.17) is 11.6 Å². The van der Waals surface area contributed by atoms with Gasteiger partial charge in [-0.2, -0.15) is 0 Å². The molecule has 0 bridgehead atoms. The maximum Gasteiger partial charge on any atom is 0.237 e. The second-order valence-corrected chi connectivity index (χ2v) is 7.09. The van der Waals surface area contributed by atoms with Crippen LogP contribution in [-0.2, 0) is 10.5 Å². The molecule has 0 saturated heterocycles. The normalized spacial score (nSPS) is 12.0. The Morgan fingerprint density at radius 3 is 2.68 bits per heavy atom. The number of carbonyl (C=O) groups excluding carboxylic acids is 1. The van der Waals surface area contributed by atoms with Gasteiger partial charge in [0.05, 0.1) is 5.25 Å². The largest absolute Gasteiger partial charge is 0.325 e. The molecule has 0 fully saturated rings. The smallest absolute Gasteiger partial charge is 0.237 e. The van der Waals surface area contributed by atoms with Gasteiger partial charge >= 0.3 is 0 Å². The van der Waals surface area contributed by atoms with Gasteiger partial charge in [-0.05, 0) is 49.6 Å². The molecule has 1 N–H and O–H groups in total. The molecule has 0 aliphatic carbocycles. The minimum Gasteiger partial charge on any atom is -0.325 e. The highest BCUT2D eigenvalue weighted by molar-refractivity contribution is 7.99. The van der Waals surface area contributed by atoms with E-state index in [1.165, 1.54) is 0 Å². The van der Waals surface area contributed by atoms with Crippen molar-refractivity contribution in [3.05, 3.63) is 64.2 Å². The number of hydrogen-bond donors (Lipinski definition) is 1. The third kappa shape index (κ3) is 4.52. The van der Waals surface area contributed by atoms with Gasteiger partial charge in [0.15, 0.2) is 0 Å². The van der Waals surface area contributed by atoms with Crippen molar-refractivity contribution in [3.8, 4) is 0 Å². The minimum atomic E-state index is -0.142. The van der Waals surface area contributed by atoms with E-state index < -0.39 is 0 Å². The highest BCUT2D eigenvalue weighted by Gasteiger charge is 2.15. The van der Waals surface area contributed by atoms with E-state index >= 15 is 0 Å². The predicted octanol–water partition coefficient (Wildman–Crippen LogP) is 5.22. The lowest BCUT2D eigenvalue weighted by molar-refractivity contribution is -0.115. The molecule has 2 nitrogen and oxygen atoms in total. The van der Waals surface area contributed by atoms with Crippen molar-refractivity contribution < 1.29 is 4.79 Å². The Morgan fingerprint density at radius 1 is 1.23 bits per heavy atom. The monoisotopic (exact) mass is 333 g/mol. The Kier molecular flexibility index (Phi) is 5.92. The van der Waals surface area contributed by atoms with Crippen molar-refractivity contribution in [2.45, 2.75) is 31.8 Å². The van der Waals surface area contributed by atoms with E-state index in [9.17, 15) is 4.79 Å².